The number of urea groups is 1. The van der Waals surface area contributed by atoms with Crippen LogP contribution >= 0.6 is 11.6 Å². The number of hydrogen-bond acceptors (Lipinski definition) is 4. The van der Waals surface area contributed by atoms with E-state index in [9.17, 15) is 14.4 Å². The Balaban J connectivity index is 2.44. The maximum atomic E-state index is 11.5. The largest absolute Gasteiger partial charge is 0.452 e. The number of benzene rings is 1. The molecule has 0 saturated carbocycles. The third-order valence-corrected chi connectivity index (χ3v) is 2.15. The lowest BCUT2D eigenvalue weighted by molar-refractivity contribution is -0.123. The van der Waals surface area contributed by atoms with Crippen LogP contribution in [0.2, 0.25) is 5.02 Å². The van der Waals surface area contributed by atoms with Crippen molar-refractivity contribution in [3.63, 3.8) is 0 Å². The Morgan fingerprint density at radius 2 is 1.83 bits per heavy atom. The molecule has 18 heavy (non-hydrogen) atoms. The molecular formula is C11H11ClN2O4. The molecule has 1 aromatic carbocycles. The number of imide groups is 1. The molecule has 0 aliphatic heterocycles. The fraction of sp³-hybridized carbons (Fsp3) is 0.182. The summed E-state index contributed by atoms with van der Waals surface area (Å²) in [5.41, 5.74) is 0.271. The van der Waals surface area contributed by atoms with E-state index < -0.39 is 24.5 Å². The Morgan fingerprint density at radius 1 is 1.22 bits per heavy atom. The molecule has 0 aliphatic carbocycles. The summed E-state index contributed by atoms with van der Waals surface area (Å²) in [6, 6.07) is 5.34. The second-order valence-corrected chi connectivity index (χ2v) is 3.65. The molecule has 2 N–H and O–H groups in total. The highest BCUT2D eigenvalue weighted by molar-refractivity contribution is 6.30. The molecule has 0 radical (unpaired) electrons. The first-order chi connectivity index (χ1) is 8.52. The third-order valence-electron chi connectivity index (χ3n) is 1.89. The van der Waals surface area contributed by atoms with E-state index in [4.69, 9.17) is 16.3 Å². The van der Waals surface area contributed by atoms with E-state index in [1.54, 1.807) is 0 Å². The van der Waals surface area contributed by atoms with Crippen molar-refractivity contribution in [3.8, 4) is 0 Å². The van der Waals surface area contributed by atoms with Crippen LogP contribution in [0.3, 0.4) is 0 Å². The standard InChI is InChI=1S/C11H11ClN2O4/c1-13-11(17)14-9(15)6-18-10(16)7-2-4-8(12)5-3-7/h2-5H,6H2,1H3,(H2,13,14,15,17). The first-order valence-corrected chi connectivity index (χ1v) is 5.35. The molecule has 0 fully saturated rings. The molecular weight excluding hydrogens is 260 g/mol. The summed E-state index contributed by atoms with van der Waals surface area (Å²) in [5.74, 6) is -1.38. The van der Waals surface area contributed by atoms with Gasteiger partial charge in [0.05, 0.1) is 5.56 Å². The van der Waals surface area contributed by atoms with E-state index in [0.29, 0.717) is 5.02 Å². The van der Waals surface area contributed by atoms with Crippen molar-refractivity contribution >= 4 is 29.5 Å². The summed E-state index contributed by atoms with van der Waals surface area (Å²) in [4.78, 5) is 33.4. The molecule has 0 aromatic heterocycles. The predicted octanol–water partition coefficient (Wildman–Crippen LogP) is 0.952. The first kappa shape index (κ1) is 14.0. The molecule has 0 unspecified atom stereocenters. The monoisotopic (exact) mass is 270 g/mol. The minimum Gasteiger partial charge on any atom is -0.452 e. The second kappa shape index (κ2) is 6.61. The molecule has 96 valence electrons. The van der Waals surface area contributed by atoms with Crippen LogP contribution in [-0.2, 0) is 9.53 Å². The number of carbonyl (C=O) groups excluding carboxylic acids is 3. The van der Waals surface area contributed by atoms with Crippen LogP contribution in [0.4, 0.5) is 4.79 Å². The fourth-order valence-corrected chi connectivity index (χ4v) is 1.15. The SMILES string of the molecule is CNC(=O)NC(=O)COC(=O)c1ccc(Cl)cc1. The quantitative estimate of drug-likeness (QED) is 0.801. The number of hydrogen-bond donors (Lipinski definition) is 2. The van der Waals surface area contributed by atoms with Crippen LogP contribution < -0.4 is 10.6 Å². The zero-order valence-corrected chi connectivity index (χ0v) is 10.3. The molecule has 6 nitrogen and oxygen atoms in total. The minimum atomic E-state index is -0.711. The Labute approximate surface area is 108 Å². The Hall–Kier alpha value is -2.08. The van der Waals surface area contributed by atoms with E-state index in [-0.39, 0.29) is 5.56 Å². The van der Waals surface area contributed by atoms with Gasteiger partial charge in [0.25, 0.3) is 5.91 Å². The van der Waals surface area contributed by atoms with Crippen molar-refractivity contribution in [1.29, 1.82) is 0 Å². The number of rotatable bonds is 3. The van der Waals surface area contributed by atoms with Crippen LogP contribution in [0.5, 0.6) is 0 Å². The molecule has 0 spiro atoms. The molecule has 0 heterocycles. The van der Waals surface area contributed by atoms with Gasteiger partial charge in [0, 0.05) is 12.1 Å². The van der Waals surface area contributed by atoms with Crippen LogP contribution in [0.1, 0.15) is 10.4 Å². The van der Waals surface area contributed by atoms with Crippen molar-refractivity contribution in [2.24, 2.45) is 0 Å². The van der Waals surface area contributed by atoms with E-state index in [1.165, 1.54) is 31.3 Å². The van der Waals surface area contributed by atoms with Gasteiger partial charge in [-0.15, -0.1) is 0 Å². The number of nitrogens with one attached hydrogen (secondary N) is 2. The minimum absolute atomic E-state index is 0.271. The molecule has 1 rings (SSSR count). The van der Waals surface area contributed by atoms with Crippen molar-refractivity contribution in [3.05, 3.63) is 34.9 Å². The summed E-state index contributed by atoms with van der Waals surface area (Å²) in [5, 5.41) is 4.64. The van der Waals surface area contributed by atoms with E-state index in [1.807, 2.05) is 5.32 Å². The van der Waals surface area contributed by atoms with Gasteiger partial charge in [-0.05, 0) is 24.3 Å². The molecule has 0 saturated heterocycles. The van der Waals surface area contributed by atoms with Crippen molar-refractivity contribution < 1.29 is 19.1 Å². The van der Waals surface area contributed by atoms with Gasteiger partial charge in [-0.3, -0.25) is 10.1 Å². The van der Waals surface area contributed by atoms with Gasteiger partial charge in [0.1, 0.15) is 0 Å². The summed E-state index contributed by atoms with van der Waals surface area (Å²) in [7, 11) is 1.36. The topological polar surface area (TPSA) is 84.5 Å². The van der Waals surface area contributed by atoms with Gasteiger partial charge in [-0.25, -0.2) is 9.59 Å². The lowest BCUT2D eigenvalue weighted by Gasteiger charge is -2.05. The Bertz CT molecular complexity index is 459. The summed E-state index contributed by atoms with van der Waals surface area (Å²) < 4.78 is 4.70. The number of carbonyl (C=O) groups is 3. The average Bonchev–Trinajstić information content (AvgIpc) is 2.36. The van der Waals surface area contributed by atoms with Crippen molar-refractivity contribution in [2.45, 2.75) is 0 Å². The highest BCUT2D eigenvalue weighted by Gasteiger charge is 2.11. The Kier molecular flexibility index (Phi) is 5.13. The maximum Gasteiger partial charge on any atom is 0.338 e. The summed E-state index contributed by atoms with van der Waals surface area (Å²) in [6.07, 6.45) is 0. The van der Waals surface area contributed by atoms with Crippen LogP contribution in [0.25, 0.3) is 0 Å². The highest BCUT2D eigenvalue weighted by Crippen LogP contribution is 2.10. The normalized spacial score (nSPS) is 9.44. The van der Waals surface area contributed by atoms with Gasteiger partial charge < -0.3 is 10.1 Å². The van der Waals surface area contributed by atoms with Gasteiger partial charge in [-0.1, -0.05) is 11.6 Å². The predicted molar refractivity (Wildman–Crippen MR) is 64.3 cm³/mol. The first-order valence-electron chi connectivity index (χ1n) is 4.97. The van der Waals surface area contributed by atoms with Gasteiger partial charge >= 0.3 is 12.0 Å². The summed E-state index contributed by atoms with van der Waals surface area (Å²) in [6.45, 7) is -0.533. The smallest absolute Gasteiger partial charge is 0.338 e. The number of amides is 3. The lowest BCUT2D eigenvalue weighted by Crippen LogP contribution is -2.39. The Morgan fingerprint density at radius 3 is 2.39 bits per heavy atom. The van der Waals surface area contributed by atoms with Crippen molar-refractivity contribution in [1.82, 2.24) is 10.6 Å². The number of esters is 1. The van der Waals surface area contributed by atoms with Crippen LogP contribution in [0, 0.1) is 0 Å². The molecule has 7 heteroatoms. The molecule has 0 atom stereocenters. The van der Waals surface area contributed by atoms with E-state index >= 15 is 0 Å². The molecule has 1 aromatic rings. The van der Waals surface area contributed by atoms with Gasteiger partial charge in [-0.2, -0.15) is 0 Å². The van der Waals surface area contributed by atoms with Crippen molar-refractivity contribution in [2.75, 3.05) is 13.7 Å². The third kappa shape index (κ3) is 4.42. The molecule has 0 aliphatic rings. The fourth-order valence-electron chi connectivity index (χ4n) is 1.03. The van der Waals surface area contributed by atoms with Crippen LogP contribution in [0.15, 0.2) is 24.3 Å². The van der Waals surface area contributed by atoms with Gasteiger partial charge in [0.15, 0.2) is 6.61 Å². The van der Waals surface area contributed by atoms with Gasteiger partial charge in [0.2, 0.25) is 0 Å². The zero-order chi connectivity index (χ0) is 13.5. The van der Waals surface area contributed by atoms with Crippen LogP contribution in [-0.4, -0.2) is 31.6 Å². The summed E-state index contributed by atoms with van der Waals surface area (Å²) >= 11 is 5.66. The highest BCUT2D eigenvalue weighted by atomic mass is 35.5. The van der Waals surface area contributed by atoms with E-state index in [0.717, 1.165) is 0 Å². The number of ether oxygens (including phenoxy) is 1. The average molecular weight is 271 g/mol. The second-order valence-electron chi connectivity index (χ2n) is 3.21. The number of halogens is 1. The van der Waals surface area contributed by atoms with E-state index in [2.05, 4.69) is 5.32 Å². The maximum absolute atomic E-state index is 11.5. The molecule has 3 amide bonds. The zero-order valence-electron chi connectivity index (χ0n) is 9.53. The lowest BCUT2D eigenvalue weighted by atomic mass is 10.2. The molecule has 0 bridgehead atoms.